The number of imide groups is 1. The first kappa shape index (κ1) is 11.6. The molecule has 1 N–H and O–H groups in total. The summed E-state index contributed by atoms with van der Waals surface area (Å²) in [5.41, 5.74) is 1.04. The molecule has 1 saturated heterocycles. The molecular formula is C13H16N2O2. The van der Waals surface area contributed by atoms with Gasteiger partial charge in [0.15, 0.2) is 0 Å². The summed E-state index contributed by atoms with van der Waals surface area (Å²) in [6.07, 6.45) is 0.634. The zero-order valence-corrected chi connectivity index (χ0v) is 10.0. The van der Waals surface area contributed by atoms with E-state index in [1.54, 1.807) is 4.90 Å². The largest absolute Gasteiger partial charge is 0.325 e. The second-order valence-corrected chi connectivity index (χ2v) is 4.21. The molecule has 0 aliphatic carbocycles. The fraction of sp³-hybridized carbons (Fsp3) is 0.385. The molecule has 1 aromatic carbocycles. The van der Waals surface area contributed by atoms with E-state index >= 15 is 0 Å². The van der Waals surface area contributed by atoms with Gasteiger partial charge in [-0.1, -0.05) is 37.3 Å². The van der Waals surface area contributed by atoms with Gasteiger partial charge in [-0.25, -0.2) is 4.79 Å². The van der Waals surface area contributed by atoms with Crippen LogP contribution in [-0.2, 0) is 4.79 Å². The van der Waals surface area contributed by atoms with Gasteiger partial charge in [-0.05, 0) is 18.9 Å². The number of carbonyl (C=O) groups excluding carboxylic acids is 2. The van der Waals surface area contributed by atoms with Gasteiger partial charge in [0.05, 0.1) is 6.04 Å². The first-order chi connectivity index (χ1) is 8.15. The molecule has 3 amide bonds. The van der Waals surface area contributed by atoms with Gasteiger partial charge < -0.3 is 4.90 Å². The van der Waals surface area contributed by atoms with E-state index in [2.05, 4.69) is 5.32 Å². The molecule has 1 aliphatic rings. The normalized spacial score (nSPS) is 21.5. The SMILES string of the molecule is CCC1C(=O)NC(=O)N1C(C)c1ccccc1. The second-order valence-electron chi connectivity index (χ2n) is 4.21. The van der Waals surface area contributed by atoms with Crippen molar-refractivity contribution in [1.82, 2.24) is 10.2 Å². The van der Waals surface area contributed by atoms with Crippen molar-refractivity contribution in [3.8, 4) is 0 Å². The number of nitrogens with zero attached hydrogens (tertiary/aromatic N) is 1. The highest BCUT2D eigenvalue weighted by Gasteiger charge is 2.39. The van der Waals surface area contributed by atoms with Crippen LogP contribution in [0.25, 0.3) is 0 Å². The van der Waals surface area contributed by atoms with Crippen LogP contribution >= 0.6 is 0 Å². The maximum atomic E-state index is 11.8. The summed E-state index contributed by atoms with van der Waals surface area (Å²) in [7, 11) is 0. The van der Waals surface area contributed by atoms with Crippen LogP contribution in [0.4, 0.5) is 4.79 Å². The Bertz CT molecular complexity index is 430. The lowest BCUT2D eigenvalue weighted by Gasteiger charge is -2.28. The van der Waals surface area contributed by atoms with Crippen LogP contribution in [0, 0.1) is 0 Å². The van der Waals surface area contributed by atoms with E-state index in [0.717, 1.165) is 5.56 Å². The van der Waals surface area contributed by atoms with Crippen LogP contribution in [0.5, 0.6) is 0 Å². The lowest BCUT2D eigenvalue weighted by atomic mass is 10.1. The highest BCUT2D eigenvalue weighted by Crippen LogP contribution is 2.26. The van der Waals surface area contributed by atoms with Crippen LogP contribution in [-0.4, -0.2) is 22.9 Å². The number of nitrogens with one attached hydrogen (secondary N) is 1. The second kappa shape index (κ2) is 4.57. The summed E-state index contributed by atoms with van der Waals surface area (Å²) in [5.74, 6) is -0.194. The van der Waals surface area contributed by atoms with Gasteiger partial charge in [-0.2, -0.15) is 0 Å². The number of carbonyl (C=O) groups is 2. The summed E-state index contributed by atoms with van der Waals surface area (Å²) >= 11 is 0. The van der Waals surface area contributed by atoms with Crippen molar-refractivity contribution in [2.45, 2.75) is 32.4 Å². The van der Waals surface area contributed by atoms with E-state index in [9.17, 15) is 9.59 Å². The zero-order chi connectivity index (χ0) is 12.4. The first-order valence-corrected chi connectivity index (χ1v) is 5.83. The highest BCUT2D eigenvalue weighted by molar-refractivity contribution is 6.04. The Morgan fingerprint density at radius 1 is 1.29 bits per heavy atom. The number of hydrogen-bond donors (Lipinski definition) is 1. The van der Waals surface area contributed by atoms with E-state index in [4.69, 9.17) is 0 Å². The van der Waals surface area contributed by atoms with Crippen molar-refractivity contribution >= 4 is 11.9 Å². The molecule has 0 saturated carbocycles. The van der Waals surface area contributed by atoms with Gasteiger partial charge in [-0.3, -0.25) is 10.1 Å². The lowest BCUT2D eigenvalue weighted by molar-refractivity contribution is -0.121. The van der Waals surface area contributed by atoms with Crippen molar-refractivity contribution in [1.29, 1.82) is 0 Å². The van der Waals surface area contributed by atoms with Crippen molar-refractivity contribution < 1.29 is 9.59 Å². The maximum absolute atomic E-state index is 11.8. The van der Waals surface area contributed by atoms with Crippen LogP contribution in [0.15, 0.2) is 30.3 Å². The third kappa shape index (κ3) is 2.02. The average Bonchev–Trinajstić information content (AvgIpc) is 2.63. The summed E-state index contributed by atoms with van der Waals surface area (Å²) in [4.78, 5) is 25.0. The number of rotatable bonds is 3. The molecule has 0 radical (unpaired) electrons. The predicted molar refractivity (Wildman–Crippen MR) is 64.3 cm³/mol. The Kier molecular flexibility index (Phi) is 3.13. The topological polar surface area (TPSA) is 49.4 Å². The first-order valence-electron chi connectivity index (χ1n) is 5.83. The fourth-order valence-electron chi connectivity index (χ4n) is 2.24. The summed E-state index contributed by atoms with van der Waals surface area (Å²) in [6.45, 7) is 3.85. The number of amides is 3. The quantitative estimate of drug-likeness (QED) is 0.811. The van der Waals surface area contributed by atoms with Crippen molar-refractivity contribution in [3.63, 3.8) is 0 Å². The zero-order valence-electron chi connectivity index (χ0n) is 10.0. The molecule has 0 bridgehead atoms. The Labute approximate surface area is 101 Å². The number of urea groups is 1. The van der Waals surface area contributed by atoms with Gasteiger partial charge in [0.2, 0.25) is 0 Å². The Morgan fingerprint density at radius 2 is 1.94 bits per heavy atom. The van der Waals surface area contributed by atoms with E-state index in [1.807, 2.05) is 44.2 Å². The van der Waals surface area contributed by atoms with Crippen LogP contribution in [0.2, 0.25) is 0 Å². The van der Waals surface area contributed by atoms with Crippen molar-refractivity contribution in [2.75, 3.05) is 0 Å². The van der Waals surface area contributed by atoms with Gasteiger partial charge >= 0.3 is 6.03 Å². The molecule has 2 unspecified atom stereocenters. The summed E-state index contributed by atoms with van der Waals surface area (Å²) in [6, 6.07) is 9.00. The summed E-state index contributed by atoms with van der Waals surface area (Å²) < 4.78 is 0. The number of benzene rings is 1. The monoisotopic (exact) mass is 232 g/mol. The van der Waals surface area contributed by atoms with E-state index in [-0.39, 0.29) is 24.0 Å². The molecule has 1 heterocycles. The van der Waals surface area contributed by atoms with Crippen LogP contribution in [0.1, 0.15) is 31.9 Å². The molecule has 90 valence electrons. The minimum Gasteiger partial charge on any atom is -0.306 e. The Hall–Kier alpha value is -1.84. The van der Waals surface area contributed by atoms with Gasteiger partial charge in [-0.15, -0.1) is 0 Å². The third-order valence-electron chi connectivity index (χ3n) is 3.19. The molecule has 0 spiro atoms. The molecule has 0 aromatic heterocycles. The third-order valence-corrected chi connectivity index (χ3v) is 3.19. The van der Waals surface area contributed by atoms with Gasteiger partial charge in [0.25, 0.3) is 5.91 Å². The molecule has 2 rings (SSSR count). The smallest absolute Gasteiger partial charge is 0.306 e. The standard InChI is InChI=1S/C13H16N2O2/c1-3-11-12(16)14-13(17)15(11)9(2)10-7-5-4-6-8-10/h4-9,11H,3H2,1-2H3,(H,14,16,17). The van der Waals surface area contributed by atoms with Crippen LogP contribution < -0.4 is 5.32 Å². The molecule has 2 atom stereocenters. The van der Waals surface area contributed by atoms with Gasteiger partial charge in [0.1, 0.15) is 6.04 Å². The molecule has 1 aliphatic heterocycles. The molecule has 1 fully saturated rings. The Morgan fingerprint density at radius 3 is 2.53 bits per heavy atom. The number of hydrogen-bond acceptors (Lipinski definition) is 2. The minimum absolute atomic E-state index is 0.0902. The maximum Gasteiger partial charge on any atom is 0.325 e. The Balaban J connectivity index is 2.27. The predicted octanol–water partition coefficient (Wildman–Crippen LogP) is 2.08. The van der Waals surface area contributed by atoms with E-state index in [1.165, 1.54) is 0 Å². The minimum atomic E-state index is -0.349. The van der Waals surface area contributed by atoms with Crippen LogP contribution in [0.3, 0.4) is 0 Å². The highest BCUT2D eigenvalue weighted by atomic mass is 16.2. The molecule has 4 nitrogen and oxygen atoms in total. The van der Waals surface area contributed by atoms with Crippen molar-refractivity contribution in [3.05, 3.63) is 35.9 Å². The lowest BCUT2D eigenvalue weighted by Crippen LogP contribution is -2.36. The molecule has 17 heavy (non-hydrogen) atoms. The van der Waals surface area contributed by atoms with Gasteiger partial charge in [0, 0.05) is 0 Å². The van der Waals surface area contributed by atoms with Crippen molar-refractivity contribution in [2.24, 2.45) is 0 Å². The summed E-state index contributed by atoms with van der Waals surface area (Å²) in [5, 5.41) is 2.37. The van der Waals surface area contributed by atoms with E-state index in [0.29, 0.717) is 6.42 Å². The molecular weight excluding hydrogens is 216 g/mol. The average molecular weight is 232 g/mol. The van der Waals surface area contributed by atoms with E-state index < -0.39 is 0 Å². The molecule has 1 aromatic rings. The fourth-order valence-corrected chi connectivity index (χ4v) is 2.24. The molecule has 4 heteroatoms.